The molecule has 2 heterocycles. The Bertz CT molecular complexity index is 521. The number of likely N-dealkylation sites (N-methyl/N-ethyl adjacent to an activating group) is 1. The lowest BCUT2D eigenvalue weighted by Gasteiger charge is -2.23. The van der Waals surface area contributed by atoms with Crippen molar-refractivity contribution >= 4 is 23.2 Å². The fraction of sp³-hybridized carbons (Fsp3) is 0.364. The third-order valence-electron chi connectivity index (χ3n) is 2.78. The van der Waals surface area contributed by atoms with Crippen molar-refractivity contribution in [1.82, 2.24) is 19.7 Å². The van der Waals surface area contributed by atoms with E-state index in [1.54, 1.807) is 23.3 Å². The third-order valence-corrected chi connectivity index (χ3v) is 3.82. The minimum atomic E-state index is -0.0270. The predicted octanol–water partition coefficient (Wildman–Crippen LogP) is 1.14. The summed E-state index contributed by atoms with van der Waals surface area (Å²) in [5.74, 6) is 0.151. The molecule has 0 saturated carbocycles. The van der Waals surface area contributed by atoms with Gasteiger partial charge in [-0.05, 0) is 18.4 Å². The smallest absolute Gasteiger partial charge is 0.244 e. The molecule has 2 aromatic heterocycles. The van der Waals surface area contributed by atoms with Gasteiger partial charge in [0.25, 0.3) is 0 Å². The first kappa shape index (κ1) is 12.6. The van der Waals surface area contributed by atoms with Crippen molar-refractivity contribution < 1.29 is 4.79 Å². The number of nitrogen functional groups attached to an aromatic ring is 1. The molecule has 1 unspecified atom stereocenters. The van der Waals surface area contributed by atoms with E-state index >= 15 is 0 Å². The van der Waals surface area contributed by atoms with E-state index in [0.29, 0.717) is 0 Å². The maximum Gasteiger partial charge on any atom is 0.244 e. The lowest BCUT2D eigenvalue weighted by atomic mass is 10.2. The van der Waals surface area contributed by atoms with Crippen LogP contribution in [0.5, 0.6) is 0 Å². The van der Waals surface area contributed by atoms with E-state index in [-0.39, 0.29) is 24.4 Å². The lowest BCUT2D eigenvalue weighted by Crippen LogP contribution is -2.32. The number of amides is 1. The normalized spacial score (nSPS) is 12.3. The number of carbonyl (C=O) groups is 1. The van der Waals surface area contributed by atoms with E-state index in [9.17, 15) is 4.79 Å². The quantitative estimate of drug-likeness (QED) is 0.899. The minimum Gasteiger partial charge on any atom is -0.367 e. The van der Waals surface area contributed by atoms with Crippen molar-refractivity contribution in [3.05, 3.63) is 28.7 Å². The number of hydrogen-bond acceptors (Lipinski definition) is 5. The SMILES string of the molecule is CC(c1cccs1)N(C)C(=O)Cn1cnc(N)n1. The van der Waals surface area contributed by atoms with Crippen molar-refractivity contribution in [2.24, 2.45) is 0 Å². The number of carbonyl (C=O) groups excluding carboxylic acids is 1. The summed E-state index contributed by atoms with van der Waals surface area (Å²) >= 11 is 1.64. The molecule has 1 amide bonds. The van der Waals surface area contributed by atoms with E-state index in [0.717, 1.165) is 4.88 Å². The van der Waals surface area contributed by atoms with Gasteiger partial charge in [-0.2, -0.15) is 0 Å². The van der Waals surface area contributed by atoms with Gasteiger partial charge in [0.05, 0.1) is 6.04 Å². The van der Waals surface area contributed by atoms with E-state index in [4.69, 9.17) is 5.73 Å². The molecule has 0 aliphatic rings. The zero-order valence-corrected chi connectivity index (χ0v) is 11.1. The third kappa shape index (κ3) is 2.67. The molecule has 0 radical (unpaired) electrons. The Morgan fingerprint density at radius 1 is 1.67 bits per heavy atom. The second-order valence-corrected chi connectivity index (χ2v) is 4.98. The van der Waals surface area contributed by atoms with Crippen LogP contribution in [0.25, 0.3) is 0 Å². The summed E-state index contributed by atoms with van der Waals surface area (Å²) in [5, 5.41) is 5.90. The lowest BCUT2D eigenvalue weighted by molar-refractivity contribution is -0.132. The van der Waals surface area contributed by atoms with Gasteiger partial charge in [-0.1, -0.05) is 6.07 Å². The Kier molecular flexibility index (Phi) is 3.61. The molecule has 0 aliphatic heterocycles. The molecule has 0 spiro atoms. The zero-order chi connectivity index (χ0) is 13.1. The van der Waals surface area contributed by atoms with Gasteiger partial charge in [-0.15, -0.1) is 16.4 Å². The molecule has 6 nitrogen and oxygen atoms in total. The fourth-order valence-corrected chi connectivity index (χ4v) is 2.40. The van der Waals surface area contributed by atoms with Crippen LogP contribution in [0, 0.1) is 0 Å². The fourth-order valence-electron chi connectivity index (χ4n) is 1.57. The van der Waals surface area contributed by atoms with Crippen molar-refractivity contribution in [2.75, 3.05) is 12.8 Å². The average molecular weight is 265 g/mol. The molecule has 0 fully saturated rings. The molecular formula is C11H15N5OS. The second kappa shape index (κ2) is 5.18. The molecule has 0 aromatic carbocycles. The molecule has 2 rings (SSSR count). The highest BCUT2D eigenvalue weighted by molar-refractivity contribution is 7.10. The number of nitrogens with zero attached hydrogens (tertiary/aromatic N) is 4. The summed E-state index contributed by atoms with van der Waals surface area (Å²) in [4.78, 5) is 18.7. The predicted molar refractivity (Wildman–Crippen MR) is 69.9 cm³/mol. The minimum absolute atomic E-state index is 0.0270. The number of nitrogens with two attached hydrogens (primary N) is 1. The molecule has 7 heteroatoms. The summed E-state index contributed by atoms with van der Waals surface area (Å²) in [5.41, 5.74) is 5.40. The first-order valence-electron chi connectivity index (χ1n) is 5.52. The van der Waals surface area contributed by atoms with E-state index in [2.05, 4.69) is 10.1 Å². The first-order chi connectivity index (χ1) is 8.58. The highest BCUT2D eigenvalue weighted by atomic mass is 32.1. The van der Waals surface area contributed by atoms with Gasteiger partial charge in [0, 0.05) is 11.9 Å². The Morgan fingerprint density at radius 3 is 3.00 bits per heavy atom. The Hall–Kier alpha value is -1.89. The van der Waals surface area contributed by atoms with Gasteiger partial charge in [0.2, 0.25) is 11.9 Å². The van der Waals surface area contributed by atoms with Crippen LogP contribution >= 0.6 is 11.3 Å². The molecule has 18 heavy (non-hydrogen) atoms. The van der Waals surface area contributed by atoms with Gasteiger partial charge in [0.1, 0.15) is 12.9 Å². The average Bonchev–Trinajstić information content (AvgIpc) is 2.98. The van der Waals surface area contributed by atoms with E-state index < -0.39 is 0 Å². The topological polar surface area (TPSA) is 77.0 Å². The van der Waals surface area contributed by atoms with Crippen molar-refractivity contribution in [3.63, 3.8) is 0 Å². The largest absolute Gasteiger partial charge is 0.367 e. The molecule has 0 bridgehead atoms. The van der Waals surface area contributed by atoms with Crippen LogP contribution in [-0.2, 0) is 11.3 Å². The second-order valence-electron chi connectivity index (χ2n) is 4.00. The highest BCUT2D eigenvalue weighted by Crippen LogP contribution is 2.23. The number of hydrogen-bond donors (Lipinski definition) is 1. The molecule has 0 aliphatic carbocycles. The summed E-state index contributed by atoms with van der Waals surface area (Å²) in [6.45, 7) is 2.15. The van der Waals surface area contributed by atoms with Crippen LogP contribution in [0.4, 0.5) is 5.95 Å². The Labute approximate surface area is 109 Å². The van der Waals surface area contributed by atoms with Crippen LogP contribution in [0.2, 0.25) is 0 Å². The van der Waals surface area contributed by atoms with Crippen LogP contribution in [0.15, 0.2) is 23.8 Å². The van der Waals surface area contributed by atoms with E-state index in [1.165, 1.54) is 11.0 Å². The zero-order valence-electron chi connectivity index (χ0n) is 10.3. The van der Waals surface area contributed by atoms with Crippen molar-refractivity contribution in [1.29, 1.82) is 0 Å². The highest BCUT2D eigenvalue weighted by Gasteiger charge is 2.18. The molecule has 0 saturated heterocycles. The van der Waals surface area contributed by atoms with Gasteiger partial charge < -0.3 is 10.6 Å². The van der Waals surface area contributed by atoms with Crippen molar-refractivity contribution in [2.45, 2.75) is 19.5 Å². The van der Waals surface area contributed by atoms with Gasteiger partial charge in [-0.3, -0.25) is 4.79 Å². The molecule has 2 N–H and O–H groups in total. The standard InChI is InChI=1S/C11H15N5OS/c1-8(9-4-3-5-18-9)15(2)10(17)6-16-7-13-11(12)14-16/h3-5,7-8H,6H2,1-2H3,(H2,12,14). The van der Waals surface area contributed by atoms with Crippen LogP contribution < -0.4 is 5.73 Å². The van der Waals surface area contributed by atoms with Crippen LogP contribution in [-0.4, -0.2) is 32.6 Å². The first-order valence-corrected chi connectivity index (χ1v) is 6.40. The monoisotopic (exact) mass is 265 g/mol. The molecule has 2 aromatic rings. The van der Waals surface area contributed by atoms with Crippen LogP contribution in [0.1, 0.15) is 17.8 Å². The molecular weight excluding hydrogens is 250 g/mol. The summed E-state index contributed by atoms with van der Waals surface area (Å²) < 4.78 is 1.44. The Morgan fingerprint density at radius 2 is 2.44 bits per heavy atom. The Balaban J connectivity index is 2.00. The molecule has 1 atom stereocenters. The van der Waals surface area contributed by atoms with Crippen molar-refractivity contribution in [3.8, 4) is 0 Å². The number of thiophene rings is 1. The van der Waals surface area contributed by atoms with Gasteiger partial charge in [0.15, 0.2) is 0 Å². The summed E-state index contributed by atoms with van der Waals surface area (Å²) in [7, 11) is 1.78. The summed E-state index contributed by atoms with van der Waals surface area (Å²) in [6, 6.07) is 4.05. The van der Waals surface area contributed by atoms with Crippen LogP contribution in [0.3, 0.4) is 0 Å². The molecule has 96 valence electrons. The van der Waals surface area contributed by atoms with E-state index in [1.807, 2.05) is 24.4 Å². The summed E-state index contributed by atoms with van der Waals surface area (Å²) in [6.07, 6.45) is 1.46. The maximum atomic E-state index is 12.1. The number of rotatable bonds is 4. The maximum absolute atomic E-state index is 12.1. The number of anilines is 1. The number of aromatic nitrogens is 3. The van der Waals surface area contributed by atoms with Gasteiger partial charge >= 0.3 is 0 Å². The van der Waals surface area contributed by atoms with Gasteiger partial charge in [-0.25, -0.2) is 9.67 Å².